The Balaban J connectivity index is 1.64. The van der Waals surface area contributed by atoms with Crippen molar-refractivity contribution in [3.8, 4) is 9.88 Å². The Bertz CT molecular complexity index is 730. The molecule has 0 saturated carbocycles. The average Bonchev–Trinajstić information content (AvgIpc) is 3.16. The van der Waals surface area contributed by atoms with E-state index in [9.17, 15) is 9.59 Å². The molecular weight excluding hydrogens is 360 g/mol. The largest absolute Gasteiger partial charge is 0.479 e. The van der Waals surface area contributed by atoms with Gasteiger partial charge in [0, 0.05) is 11.9 Å². The van der Waals surface area contributed by atoms with Crippen molar-refractivity contribution in [2.45, 2.75) is 12.5 Å². The summed E-state index contributed by atoms with van der Waals surface area (Å²) in [5.74, 6) is -1.19. The van der Waals surface area contributed by atoms with Gasteiger partial charge in [-0.2, -0.15) is 0 Å². The molecule has 0 radical (unpaired) electrons. The van der Waals surface area contributed by atoms with E-state index in [0.29, 0.717) is 16.6 Å². The second-order valence-corrected chi connectivity index (χ2v) is 7.54. The van der Waals surface area contributed by atoms with Crippen molar-refractivity contribution in [2.75, 3.05) is 19.7 Å². The maximum atomic E-state index is 12.3. The first-order valence-electron chi connectivity index (χ1n) is 6.85. The van der Waals surface area contributed by atoms with Gasteiger partial charge in [0.15, 0.2) is 6.10 Å². The number of amides is 1. The summed E-state index contributed by atoms with van der Waals surface area (Å²) >= 11 is 8.82. The van der Waals surface area contributed by atoms with E-state index in [4.69, 9.17) is 21.4 Å². The molecule has 1 amide bonds. The number of carboxylic acid groups (broad SMARTS) is 1. The van der Waals surface area contributed by atoms with Gasteiger partial charge in [0.1, 0.15) is 5.01 Å². The van der Waals surface area contributed by atoms with Crippen molar-refractivity contribution in [2.24, 2.45) is 0 Å². The van der Waals surface area contributed by atoms with Gasteiger partial charge < -0.3 is 14.7 Å². The Morgan fingerprint density at radius 3 is 3.00 bits per heavy atom. The number of morpholine rings is 1. The highest BCUT2D eigenvalue weighted by Gasteiger charge is 2.29. The third-order valence-electron chi connectivity index (χ3n) is 3.36. The van der Waals surface area contributed by atoms with Crippen LogP contribution in [0.25, 0.3) is 9.88 Å². The number of aliphatic carboxylic acids is 1. The number of carbonyl (C=O) groups excluding carboxylic acids is 1. The highest BCUT2D eigenvalue weighted by Crippen LogP contribution is 2.33. The van der Waals surface area contributed by atoms with E-state index in [1.807, 2.05) is 17.5 Å². The van der Waals surface area contributed by atoms with Crippen LogP contribution in [-0.2, 0) is 20.7 Å². The summed E-state index contributed by atoms with van der Waals surface area (Å²) in [6, 6.07) is 3.71. The van der Waals surface area contributed by atoms with E-state index in [-0.39, 0.29) is 25.5 Å². The van der Waals surface area contributed by atoms with E-state index in [1.165, 1.54) is 27.6 Å². The third kappa shape index (κ3) is 3.89. The molecule has 0 aliphatic carbocycles. The molecule has 1 aliphatic rings. The second-order valence-electron chi connectivity index (χ2n) is 4.96. The molecule has 0 bridgehead atoms. The molecule has 3 heterocycles. The molecule has 0 unspecified atom stereocenters. The standard InChI is InChI=1S/C14H13ClN2O4S2/c15-11-2-1-10(23-11)13-16-8(7-22-13)5-12(18)17-3-4-21-9(6-17)14(19)20/h1-2,7,9H,3-6H2,(H,19,20)/t9-/m1/s1. The number of ether oxygens (including phenoxy) is 1. The molecule has 1 N–H and O–H groups in total. The lowest BCUT2D eigenvalue weighted by Crippen LogP contribution is -2.49. The highest BCUT2D eigenvalue weighted by molar-refractivity contribution is 7.23. The molecule has 2 aromatic rings. The molecule has 0 spiro atoms. The summed E-state index contributed by atoms with van der Waals surface area (Å²) in [5.41, 5.74) is 0.679. The first kappa shape index (κ1) is 16.4. The van der Waals surface area contributed by atoms with Crippen LogP contribution in [0.5, 0.6) is 0 Å². The first-order valence-corrected chi connectivity index (χ1v) is 8.92. The van der Waals surface area contributed by atoms with Crippen LogP contribution >= 0.6 is 34.3 Å². The maximum absolute atomic E-state index is 12.3. The monoisotopic (exact) mass is 372 g/mol. The van der Waals surface area contributed by atoms with Crippen LogP contribution in [0.15, 0.2) is 17.5 Å². The molecule has 1 fully saturated rings. The average molecular weight is 373 g/mol. The molecule has 3 rings (SSSR count). The normalized spacial score (nSPS) is 18.1. The van der Waals surface area contributed by atoms with Crippen molar-refractivity contribution in [1.82, 2.24) is 9.88 Å². The predicted molar refractivity (Wildman–Crippen MR) is 88.1 cm³/mol. The number of halogens is 1. The number of aromatic nitrogens is 1. The molecule has 0 aromatic carbocycles. The molecule has 2 aromatic heterocycles. The van der Waals surface area contributed by atoms with Crippen molar-refractivity contribution < 1.29 is 19.4 Å². The van der Waals surface area contributed by atoms with Gasteiger partial charge in [-0.15, -0.1) is 22.7 Å². The van der Waals surface area contributed by atoms with Gasteiger partial charge in [-0.1, -0.05) is 11.6 Å². The smallest absolute Gasteiger partial charge is 0.334 e. The van der Waals surface area contributed by atoms with Crippen LogP contribution < -0.4 is 0 Å². The van der Waals surface area contributed by atoms with E-state index in [0.717, 1.165) is 9.88 Å². The Morgan fingerprint density at radius 1 is 1.48 bits per heavy atom. The Labute approximate surface area is 145 Å². The molecule has 1 aliphatic heterocycles. The molecular formula is C14H13ClN2O4S2. The first-order chi connectivity index (χ1) is 11.0. The van der Waals surface area contributed by atoms with Crippen LogP contribution in [0, 0.1) is 0 Å². The number of rotatable bonds is 4. The van der Waals surface area contributed by atoms with Crippen molar-refractivity contribution in [3.63, 3.8) is 0 Å². The van der Waals surface area contributed by atoms with Gasteiger partial charge in [-0.25, -0.2) is 9.78 Å². The number of carbonyl (C=O) groups is 2. The quantitative estimate of drug-likeness (QED) is 0.891. The zero-order valence-electron chi connectivity index (χ0n) is 11.9. The number of nitrogens with zero attached hydrogens (tertiary/aromatic N) is 2. The van der Waals surface area contributed by atoms with E-state index in [2.05, 4.69) is 4.98 Å². The number of hydrogen-bond acceptors (Lipinski definition) is 6. The van der Waals surface area contributed by atoms with Crippen LogP contribution in [0.1, 0.15) is 5.69 Å². The van der Waals surface area contributed by atoms with Gasteiger partial charge >= 0.3 is 5.97 Å². The number of carboxylic acids is 1. The van der Waals surface area contributed by atoms with Gasteiger partial charge in [-0.05, 0) is 12.1 Å². The van der Waals surface area contributed by atoms with Crippen LogP contribution in [0.4, 0.5) is 0 Å². The lowest BCUT2D eigenvalue weighted by atomic mass is 10.2. The zero-order valence-corrected chi connectivity index (χ0v) is 14.3. The van der Waals surface area contributed by atoms with E-state index < -0.39 is 12.1 Å². The van der Waals surface area contributed by atoms with Crippen molar-refractivity contribution >= 4 is 46.2 Å². The lowest BCUT2D eigenvalue weighted by molar-refractivity contribution is -0.159. The molecule has 1 saturated heterocycles. The fourth-order valence-corrected chi connectivity index (χ4v) is 4.16. The maximum Gasteiger partial charge on any atom is 0.334 e. The second kappa shape index (κ2) is 6.96. The van der Waals surface area contributed by atoms with E-state index >= 15 is 0 Å². The zero-order chi connectivity index (χ0) is 16.4. The third-order valence-corrected chi connectivity index (χ3v) is 5.65. The van der Waals surface area contributed by atoms with Gasteiger partial charge in [0.25, 0.3) is 0 Å². The summed E-state index contributed by atoms with van der Waals surface area (Å²) in [6.07, 6.45) is -0.797. The fraction of sp³-hybridized carbons (Fsp3) is 0.357. The highest BCUT2D eigenvalue weighted by atomic mass is 35.5. The predicted octanol–water partition coefficient (Wildman–Crippen LogP) is 2.38. The van der Waals surface area contributed by atoms with Crippen LogP contribution in [0.3, 0.4) is 0 Å². The minimum absolute atomic E-state index is 0.0751. The minimum atomic E-state index is -1.05. The topological polar surface area (TPSA) is 79.7 Å². The van der Waals surface area contributed by atoms with E-state index in [1.54, 1.807) is 0 Å². The molecule has 6 nitrogen and oxygen atoms in total. The summed E-state index contributed by atoms with van der Waals surface area (Å²) in [4.78, 5) is 30.2. The van der Waals surface area contributed by atoms with Gasteiger partial charge in [-0.3, -0.25) is 4.79 Å². The van der Waals surface area contributed by atoms with Gasteiger partial charge in [0.2, 0.25) is 5.91 Å². The fourth-order valence-electron chi connectivity index (χ4n) is 2.22. The Kier molecular flexibility index (Phi) is 4.96. The minimum Gasteiger partial charge on any atom is -0.479 e. The molecule has 23 heavy (non-hydrogen) atoms. The van der Waals surface area contributed by atoms with Crippen molar-refractivity contribution in [1.29, 1.82) is 0 Å². The molecule has 1 atom stereocenters. The summed E-state index contributed by atoms with van der Waals surface area (Å²) in [6.45, 7) is 0.713. The number of thiazole rings is 1. The van der Waals surface area contributed by atoms with Gasteiger partial charge in [0.05, 0.1) is 34.5 Å². The SMILES string of the molecule is O=C(O)[C@H]1CN(C(=O)Cc2csc(-c3ccc(Cl)s3)n2)CCO1. The lowest BCUT2D eigenvalue weighted by Gasteiger charge is -2.30. The number of thiophene rings is 1. The van der Waals surface area contributed by atoms with Crippen molar-refractivity contribution in [3.05, 3.63) is 27.5 Å². The summed E-state index contributed by atoms with van der Waals surface area (Å²) in [5, 5.41) is 11.6. The summed E-state index contributed by atoms with van der Waals surface area (Å²) in [7, 11) is 0. The number of hydrogen-bond donors (Lipinski definition) is 1. The molecule has 122 valence electrons. The summed E-state index contributed by atoms with van der Waals surface area (Å²) < 4.78 is 5.81. The van der Waals surface area contributed by atoms with Crippen LogP contribution in [0.2, 0.25) is 4.34 Å². The van der Waals surface area contributed by atoms with Crippen LogP contribution in [-0.4, -0.2) is 52.7 Å². The molecule has 9 heteroatoms. The Hall–Kier alpha value is -1.48. The Morgan fingerprint density at radius 2 is 2.30 bits per heavy atom.